The van der Waals surface area contributed by atoms with Gasteiger partial charge < -0.3 is 0 Å². The maximum atomic E-state index is 8.73. The summed E-state index contributed by atoms with van der Waals surface area (Å²) in [5.74, 6) is 0. The first-order chi connectivity index (χ1) is 6.20. The minimum absolute atomic E-state index is 0.746. The fraction of sp³-hybridized carbons (Fsp3) is 0.100. The van der Waals surface area contributed by atoms with Crippen LogP contribution in [0.25, 0.3) is 10.1 Å². The van der Waals surface area contributed by atoms with Crippen LogP contribution in [0.2, 0.25) is 0 Å². The first-order valence-electron chi connectivity index (χ1n) is 3.84. The van der Waals surface area contributed by atoms with Crippen molar-refractivity contribution in [1.29, 1.82) is 5.26 Å². The quantitative estimate of drug-likeness (QED) is 0.655. The van der Waals surface area contributed by atoms with E-state index in [1.165, 1.54) is 16.9 Å². The Morgan fingerprint density at radius 1 is 1.38 bits per heavy atom. The molecule has 13 heavy (non-hydrogen) atoms. The molecule has 0 atom stereocenters. The monoisotopic (exact) mass is 205 g/mol. The molecule has 0 fully saturated rings. The number of benzene rings is 1. The van der Waals surface area contributed by atoms with Crippen molar-refractivity contribution in [3.8, 4) is 6.07 Å². The van der Waals surface area contributed by atoms with Crippen molar-refractivity contribution in [2.45, 2.75) is 11.8 Å². The van der Waals surface area contributed by atoms with E-state index in [0.717, 1.165) is 19.9 Å². The summed E-state index contributed by atoms with van der Waals surface area (Å²) in [6, 6.07) is 8.15. The van der Waals surface area contributed by atoms with Crippen molar-refractivity contribution in [3.05, 3.63) is 28.6 Å². The molecule has 1 heterocycles. The molecule has 0 bridgehead atoms. The number of aryl methyl sites for hydroxylation is 1. The van der Waals surface area contributed by atoms with Crippen molar-refractivity contribution in [1.82, 2.24) is 0 Å². The van der Waals surface area contributed by atoms with Gasteiger partial charge in [-0.2, -0.15) is 5.26 Å². The van der Waals surface area contributed by atoms with Crippen LogP contribution >= 0.6 is 24.0 Å². The maximum Gasteiger partial charge on any atom is 0.110 e. The lowest BCUT2D eigenvalue weighted by molar-refractivity contribution is 1.44. The average Bonchev–Trinajstić information content (AvgIpc) is 2.47. The van der Waals surface area contributed by atoms with Crippen molar-refractivity contribution >= 4 is 34.1 Å². The van der Waals surface area contributed by atoms with Gasteiger partial charge in [0.15, 0.2) is 0 Å². The second-order valence-electron chi connectivity index (χ2n) is 2.92. The van der Waals surface area contributed by atoms with Crippen molar-refractivity contribution in [3.63, 3.8) is 0 Å². The second-order valence-corrected chi connectivity index (χ2v) is 4.46. The third-order valence-corrected chi connectivity index (χ3v) is 3.44. The lowest BCUT2D eigenvalue weighted by Gasteiger charge is -1.96. The molecule has 0 N–H and O–H groups in total. The summed E-state index contributed by atoms with van der Waals surface area (Å²) in [6.45, 7) is 2.03. The Bertz CT molecular complexity index is 505. The Hall–Kier alpha value is -0.980. The highest BCUT2D eigenvalue weighted by Gasteiger charge is 2.04. The number of fused-ring (bicyclic) bond motifs is 1. The predicted octanol–water partition coefficient (Wildman–Crippen LogP) is 3.37. The molecule has 0 spiro atoms. The van der Waals surface area contributed by atoms with Gasteiger partial charge in [-0.25, -0.2) is 0 Å². The number of rotatable bonds is 0. The molecule has 0 saturated heterocycles. The van der Waals surface area contributed by atoms with E-state index < -0.39 is 0 Å². The van der Waals surface area contributed by atoms with Gasteiger partial charge in [-0.05, 0) is 30.0 Å². The van der Waals surface area contributed by atoms with E-state index in [1.54, 1.807) is 0 Å². The Labute approximate surface area is 86.0 Å². The Morgan fingerprint density at radius 3 is 2.85 bits per heavy atom. The molecule has 0 saturated carbocycles. The van der Waals surface area contributed by atoms with Gasteiger partial charge in [0.2, 0.25) is 0 Å². The molecule has 2 aromatic rings. The molecule has 1 aromatic carbocycles. The lowest BCUT2D eigenvalue weighted by atomic mass is 10.2. The largest absolute Gasteiger partial charge is 0.192 e. The summed E-state index contributed by atoms with van der Waals surface area (Å²) >= 11 is 5.87. The molecule has 0 amide bonds. The summed E-state index contributed by atoms with van der Waals surface area (Å²) in [4.78, 5) is 1.71. The molecule has 1 nitrogen and oxygen atoms in total. The zero-order valence-electron chi connectivity index (χ0n) is 7.03. The normalized spacial score (nSPS) is 10.2. The summed E-state index contributed by atoms with van der Waals surface area (Å²) in [5, 5.41) is 9.85. The molecule has 1 aromatic heterocycles. The number of thiol groups is 1. The number of nitrogens with zero attached hydrogens (tertiary/aromatic N) is 1. The maximum absolute atomic E-state index is 8.73. The van der Waals surface area contributed by atoms with Gasteiger partial charge in [0.1, 0.15) is 10.9 Å². The van der Waals surface area contributed by atoms with Gasteiger partial charge in [0.25, 0.3) is 0 Å². The first-order valence-corrected chi connectivity index (χ1v) is 5.10. The fourth-order valence-corrected chi connectivity index (χ4v) is 2.66. The van der Waals surface area contributed by atoms with Crippen LogP contribution in [0.15, 0.2) is 23.1 Å². The number of thiophene rings is 1. The van der Waals surface area contributed by atoms with Crippen LogP contribution in [-0.2, 0) is 0 Å². The Balaban J connectivity index is 2.84. The van der Waals surface area contributed by atoms with Gasteiger partial charge in [0, 0.05) is 9.60 Å². The second kappa shape index (κ2) is 3.06. The minimum atomic E-state index is 0.746. The number of nitriles is 1. The van der Waals surface area contributed by atoms with E-state index in [1.807, 2.05) is 19.1 Å². The van der Waals surface area contributed by atoms with Crippen LogP contribution in [0.3, 0.4) is 0 Å². The third kappa shape index (κ3) is 1.43. The first kappa shape index (κ1) is 8.61. The predicted molar refractivity (Wildman–Crippen MR) is 58.5 cm³/mol. The van der Waals surface area contributed by atoms with E-state index in [-0.39, 0.29) is 0 Å². The summed E-state index contributed by atoms with van der Waals surface area (Å²) in [7, 11) is 0. The SMILES string of the molecule is Cc1cc(S)c2sc(C#N)cc2c1. The standard InChI is InChI=1S/C10H7NS2/c1-6-2-7-4-8(5-11)13-10(7)9(12)3-6/h2-4,12H,1H3. The molecular formula is C10H7NS2. The van der Waals surface area contributed by atoms with Crippen LogP contribution in [0.1, 0.15) is 10.4 Å². The van der Waals surface area contributed by atoms with E-state index in [2.05, 4.69) is 24.8 Å². The van der Waals surface area contributed by atoms with Crippen LogP contribution in [0.4, 0.5) is 0 Å². The number of hydrogen-bond donors (Lipinski definition) is 1. The molecule has 0 aliphatic heterocycles. The Morgan fingerprint density at radius 2 is 2.15 bits per heavy atom. The Kier molecular flexibility index (Phi) is 2.03. The van der Waals surface area contributed by atoms with Crippen LogP contribution in [-0.4, -0.2) is 0 Å². The smallest absolute Gasteiger partial charge is 0.110 e. The van der Waals surface area contributed by atoms with E-state index >= 15 is 0 Å². The van der Waals surface area contributed by atoms with Crippen molar-refractivity contribution < 1.29 is 0 Å². The van der Waals surface area contributed by atoms with Crippen LogP contribution in [0, 0.1) is 18.3 Å². The number of hydrogen-bond acceptors (Lipinski definition) is 3. The highest BCUT2D eigenvalue weighted by Crippen LogP contribution is 2.31. The molecule has 64 valence electrons. The van der Waals surface area contributed by atoms with E-state index in [9.17, 15) is 0 Å². The minimum Gasteiger partial charge on any atom is -0.192 e. The zero-order valence-corrected chi connectivity index (χ0v) is 8.75. The average molecular weight is 205 g/mol. The highest BCUT2D eigenvalue weighted by molar-refractivity contribution is 7.80. The summed E-state index contributed by atoms with van der Waals surface area (Å²) < 4.78 is 1.10. The van der Waals surface area contributed by atoms with Gasteiger partial charge in [-0.3, -0.25) is 0 Å². The van der Waals surface area contributed by atoms with Gasteiger partial charge in [-0.1, -0.05) is 6.07 Å². The van der Waals surface area contributed by atoms with Crippen LogP contribution in [0.5, 0.6) is 0 Å². The van der Waals surface area contributed by atoms with E-state index in [0.29, 0.717) is 0 Å². The van der Waals surface area contributed by atoms with Crippen LogP contribution < -0.4 is 0 Å². The highest BCUT2D eigenvalue weighted by atomic mass is 32.1. The molecule has 2 rings (SSSR count). The molecule has 0 aliphatic carbocycles. The van der Waals surface area contributed by atoms with Crippen molar-refractivity contribution in [2.75, 3.05) is 0 Å². The van der Waals surface area contributed by atoms with Gasteiger partial charge >= 0.3 is 0 Å². The van der Waals surface area contributed by atoms with Gasteiger partial charge in [-0.15, -0.1) is 24.0 Å². The topological polar surface area (TPSA) is 23.8 Å². The summed E-state index contributed by atoms with van der Waals surface area (Å²) in [5.41, 5.74) is 1.18. The molecule has 0 radical (unpaired) electrons. The van der Waals surface area contributed by atoms with Crippen molar-refractivity contribution in [2.24, 2.45) is 0 Å². The van der Waals surface area contributed by atoms with Gasteiger partial charge in [0.05, 0.1) is 0 Å². The molecule has 3 heteroatoms. The molecular weight excluding hydrogens is 198 g/mol. The lowest BCUT2D eigenvalue weighted by Crippen LogP contribution is -1.72. The third-order valence-electron chi connectivity index (χ3n) is 1.85. The molecule has 0 unspecified atom stereocenters. The summed E-state index contributed by atoms with van der Waals surface area (Å²) in [6.07, 6.45) is 0. The molecule has 0 aliphatic rings. The zero-order chi connectivity index (χ0) is 9.42. The van der Waals surface area contributed by atoms with E-state index in [4.69, 9.17) is 5.26 Å². The fourth-order valence-electron chi connectivity index (χ4n) is 1.34.